The Morgan fingerprint density at radius 1 is 0.533 bits per heavy atom. The number of aryl methyl sites for hydroxylation is 1. The Hall–Kier alpha value is -3.57. The third kappa shape index (κ3) is 4.53. The molecular weight excluding hydrogens is 396 g/mol. The van der Waals surface area contributed by atoms with Crippen LogP contribution in [0.25, 0.3) is 0 Å². The number of hydrogen-bond acceptors (Lipinski definition) is 4. The summed E-state index contributed by atoms with van der Waals surface area (Å²) in [4.78, 5) is 0.408. The van der Waals surface area contributed by atoms with Gasteiger partial charge in [0.2, 0.25) is 9.84 Å². The second-order valence-electron chi connectivity index (χ2n) is 6.78. The largest absolute Gasteiger partial charge is 0.457 e. The predicted molar refractivity (Wildman–Crippen MR) is 116 cm³/mol. The van der Waals surface area contributed by atoms with Gasteiger partial charge in [-0.1, -0.05) is 30.3 Å². The van der Waals surface area contributed by atoms with Crippen LogP contribution >= 0.6 is 0 Å². The molecule has 4 rings (SSSR count). The van der Waals surface area contributed by atoms with Crippen molar-refractivity contribution < 1.29 is 17.9 Å². The van der Waals surface area contributed by atoms with E-state index in [4.69, 9.17) is 9.47 Å². The smallest absolute Gasteiger partial charge is 0.206 e. The van der Waals surface area contributed by atoms with Crippen LogP contribution in [0.5, 0.6) is 23.0 Å². The van der Waals surface area contributed by atoms with Gasteiger partial charge in [0.25, 0.3) is 0 Å². The fraction of sp³-hybridized carbons (Fsp3) is 0.0400. The van der Waals surface area contributed by atoms with Crippen molar-refractivity contribution in [1.29, 1.82) is 0 Å². The van der Waals surface area contributed by atoms with E-state index in [0.717, 1.165) is 5.56 Å². The van der Waals surface area contributed by atoms with E-state index in [-0.39, 0.29) is 9.79 Å². The van der Waals surface area contributed by atoms with E-state index in [0.29, 0.717) is 23.0 Å². The Balaban J connectivity index is 1.50. The molecule has 150 valence electrons. The van der Waals surface area contributed by atoms with Crippen molar-refractivity contribution in [3.63, 3.8) is 0 Å². The highest BCUT2D eigenvalue weighted by atomic mass is 32.2. The van der Waals surface area contributed by atoms with Gasteiger partial charge in [-0.15, -0.1) is 0 Å². The Labute approximate surface area is 176 Å². The van der Waals surface area contributed by atoms with Crippen LogP contribution in [0.2, 0.25) is 0 Å². The van der Waals surface area contributed by atoms with Crippen molar-refractivity contribution in [3.05, 3.63) is 109 Å². The number of para-hydroxylation sites is 1. The van der Waals surface area contributed by atoms with Crippen LogP contribution in [-0.2, 0) is 9.84 Å². The first-order valence-corrected chi connectivity index (χ1v) is 10.9. The lowest BCUT2D eigenvalue weighted by atomic mass is 10.2. The normalized spacial score (nSPS) is 11.1. The maximum atomic E-state index is 12.9. The highest BCUT2D eigenvalue weighted by Gasteiger charge is 2.18. The lowest BCUT2D eigenvalue weighted by molar-refractivity contribution is 0.482. The van der Waals surface area contributed by atoms with Crippen molar-refractivity contribution in [2.45, 2.75) is 16.7 Å². The molecular formula is C25H20O4S. The third-order valence-corrected chi connectivity index (χ3v) is 6.26. The first-order valence-electron chi connectivity index (χ1n) is 9.43. The second-order valence-corrected chi connectivity index (χ2v) is 8.73. The van der Waals surface area contributed by atoms with E-state index in [1.165, 1.54) is 0 Å². The standard InChI is InChI=1S/C25H20O4S/c1-19-6-5-9-23(18-19)29-22-12-16-25(17-13-22)30(26,27)24-14-10-21(11-15-24)28-20-7-3-2-4-8-20/h2-18H,1H3. The number of ether oxygens (including phenoxy) is 2. The molecule has 4 aromatic carbocycles. The molecule has 0 bridgehead atoms. The van der Waals surface area contributed by atoms with E-state index < -0.39 is 9.84 Å². The van der Waals surface area contributed by atoms with Crippen molar-refractivity contribution in [2.75, 3.05) is 0 Å². The van der Waals surface area contributed by atoms with Gasteiger partial charge in [0.05, 0.1) is 9.79 Å². The maximum Gasteiger partial charge on any atom is 0.206 e. The third-order valence-electron chi connectivity index (χ3n) is 4.47. The Morgan fingerprint density at radius 2 is 1.00 bits per heavy atom. The van der Waals surface area contributed by atoms with Gasteiger partial charge in [0.15, 0.2) is 0 Å². The molecule has 0 fully saturated rings. The summed E-state index contributed by atoms with van der Waals surface area (Å²) in [7, 11) is -3.64. The molecule has 0 unspecified atom stereocenters. The molecule has 30 heavy (non-hydrogen) atoms. The lowest BCUT2D eigenvalue weighted by Crippen LogP contribution is -2.01. The molecule has 0 saturated carbocycles. The van der Waals surface area contributed by atoms with Crippen LogP contribution in [0, 0.1) is 6.92 Å². The number of rotatable bonds is 6. The molecule has 0 aliphatic heterocycles. The minimum Gasteiger partial charge on any atom is -0.457 e. The van der Waals surface area contributed by atoms with E-state index in [9.17, 15) is 8.42 Å². The van der Waals surface area contributed by atoms with Gasteiger partial charge in [-0.05, 0) is 85.3 Å². The van der Waals surface area contributed by atoms with Crippen LogP contribution in [0.1, 0.15) is 5.56 Å². The molecule has 0 N–H and O–H groups in total. The molecule has 0 spiro atoms. The summed E-state index contributed by atoms with van der Waals surface area (Å²) in [5.74, 6) is 2.55. The molecule has 0 aliphatic rings. The zero-order valence-corrected chi connectivity index (χ0v) is 17.2. The average Bonchev–Trinajstić information content (AvgIpc) is 2.75. The molecule has 0 atom stereocenters. The first-order chi connectivity index (χ1) is 14.5. The summed E-state index contributed by atoms with van der Waals surface area (Å²) in [5, 5.41) is 0. The molecule has 0 saturated heterocycles. The summed E-state index contributed by atoms with van der Waals surface area (Å²) in [6, 6.07) is 29.8. The van der Waals surface area contributed by atoms with Gasteiger partial charge in [-0.25, -0.2) is 8.42 Å². The highest BCUT2D eigenvalue weighted by Crippen LogP contribution is 2.28. The van der Waals surface area contributed by atoms with Gasteiger partial charge in [-0.3, -0.25) is 0 Å². The molecule has 0 amide bonds. The number of hydrogen-bond donors (Lipinski definition) is 0. The van der Waals surface area contributed by atoms with Gasteiger partial charge >= 0.3 is 0 Å². The van der Waals surface area contributed by atoms with E-state index in [1.807, 2.05) is 61.5 Å². The number of benzene rings is 4. The van der Waals surface area contributed by atoms with Crippen molar-refractivity contribution in [1.82, 2.24) is 0 Å². The minimum absolute atomic E-state index is 0.204. The zero-order valence-electron chi connectivity index (χ0n) is 16.4. The summed E-state index contributed by atoms with van der Waals surface area (Å²) in [6.07, 6.45) is 0. The minimum atomic E-state index is -3.64. The van der Waals surface area contributed by atoms with Crippen molar-refractivity contribution in [3.8, 4) is 23.0 Å². The van der Waals surface area contributed by atoms with Crippen molar-refractivity contribution >= 4 is 9.84 Å². The van der Waals surface area contributed by atoms with Crippen LogP contribution in [0.4, 0.5) is 0 Å². The van der Waals surface area contributed by atoms with Crippen LogP contribution in [0.15, 0.2) is 113 Å². The van der Waals surface area contributed by atoms with Gasteiger partial charge in [-0.2, -0.15) is 0 Å². The summed E-state index contributed by atoms with van der Waals surface area (Å²) in [5.41, 5.74) is 1.09. The average molecular weight is 416 g/mol. The Bertz CT molecular complexity index is 1230. The SMILES string of the molecule is Cc1cccc(Oc2ccc(S(=O)(=O)c3ccc(Oc4ccccc4)cc3)cc2)c1. The van der Waals surface area contributed by atoms with E-state index >= 15 is 0 Å². The fourth-order valence-electron chi connectivity index (χ4n) is 2.95. The molecule has 0 heterocycles. The van der Waals surface area contributed by atoms with Gasteiger partial charge in [0, 0.05) is 0 Å². The van der Waals surface area contributed by atoms with Crippen molar-refractivity contribution in [2.24, 2.45) is 0 Å². The topological polar surface area (TPSA) is 52.6 Å². The fourth-order valence-corrected chi connectivity index (χ4v) is 4.21. The second kappa shape index (κ2) is 8.43. The van der Waals surface area contributed by atoms with Gasteiger partial charge in [0.1, 0.15) is 23.0 Å². The maximum absolute atomic E-state index is 12.9. The first kappa shape index (κ1) is 19.7. The summed E-state index contributed by atoms with van der Waals surface area (Å²) in [6.45, 7) is 1.98. The summed E-state index contributed by atoms with van der Waals surface area (Å²) >= 11 is 0. The Morgan fingerprint density at radius 3 is 1.53 bits per heavy atom. The molecule has 0 aliphatic carbocycles. The predicted octanol–water partition coefficient (Wildman–Crippen LogP) is 6.41. The molecule has 0 radical (unpaired) electrons. The van der Waals surface area contributed by atoms with Crippen LogP contribution < -0.4 is 9.47 Å². The van der Waals surface area contributed by atoms with E-state index in [2.05, 4.69) is 0 Å². The van der Waals surface area contributed by atoms with E-state index in [1.54, 1.807) is 48.5 Å². The highest BCUT2D eigenvalue weighted by molar-refractivity contribution is 7.91. The molecule has 4 aromatic rings. The summed E-state index contributed by atoms with van der Waals surface area (Å²) < 4.78 is 37.4. The number of sulfone groups is 1. The Kier molecular flexibility index (Phi) is 5.55. The van der Waals surface area contributed by atoms with Crippen LogP contribution in [-0.4, -0.2) is 8.42 Å². The lowest BCUT2D eigenvalue weighted by Gasteiger charge is -2.09. The monoisotopic (exact) mass is 416 g/mol. The molecule has 5 heteroatoms. The zero-order chi connectivity index (χ0) is 21.0. The quantitative estimate of drug-likeness (QED) is 0.364. The molecule has 4 nitrogen and oxygen atoms in total. The molecule has 0 aromatic heterocycles. The van der Waals surface area contributed by atoms with Crippen LogP contribution in [0.3, 0.4) is 0 Å². The van der Waals surface area contributed by atoms with Gasteiger partial charge < -0.3 is 9.47 Å².